The van der Waals surface area contributed by atoms with E-state index in [0.717, 1.165) is 13.3 Å². The molecule has 0 bridgehead atoms. The van der Waals surface area contributed by atoms with Crippen molar-refractivity contribution in [1.29, 1.82) is 0 Å². The number of esters is 1. The van der Waals surface area contributed by atoms with Crippen LogP contribution in [0.5, 0.6) is 11.5 Å². The molecule has 0 aliphatic rings. The van der Waals surface area contributed by atoms with E-state index in [1.54, 1.807) is 0 Å². The fourth-order valence-electron chi connectivity index (χ4n) is 1.10. The average molecular weight is 233 g/mol. The summed E-state index contributed by atoms with van der Waals surface area (Å²) in [4.78, 5) is 14.1. The highest BCUT2D eigenvalue weighted by molar-refractivity contribution is 5.74. The smallest absolute Gasteiger partial charge is 0.310 e. The summed E-state index contributed by atoms with van der Waals surface area (Å²) >= 11 is 0. The molecule has 0 radical (unpaired) electrons. The van der Waals surface area contributed by atoms with Crippen molar-refractivity contribution in [2.45, 2.75) is 12.8 Å². The zero-order valence-electron chi connectivity index (χ0n) is 8.28. The second-order valence-electron chi connectivity index (χ2n) is 2.91. The molecule has 1 aromatic rings. The Balaban J connectivity index is 3.16. The lowest BCUT2D eigenvalue weighted by atomic mass is 10.1. The predicted octanol–water partition coefficient (Wildman–Crippen LogP) is 1.15. The van der Waals surface area contributed by atoms with E-state index in [2.05, 4.69) is 9.72 Å². The quantitative estimate of drug-likeness (QED) is 0.765. The number of methoxy groups -OCH3 is 1. The van der Waals surface area contributed by atoms with Gasteiger partial charge in [0.2, 0.25) is 0 Å². The van der Waals surface area contributed by atoms with Gasteiger partial charge in [0, 0.05) is 0 Å². The molecule has 0 aromatic carbocycles. The van der Waals surface area contributed by atoms with Crippen LogP contribution < -0.4 is 0 Å². The van der Waals surface area contributed by atoms with Crippen LogP contribution in [0.15, 0.2) is 6.20 Å². The number of carbonyl (C=O) groups excluding carboxylic acids is 1. The zero-order chi connectivity index (χ0) is 12.3. The highest BCUT2D eigenvalue weighted by atomic mass is 19.3. The Bertz CT molecular complexity index is 409. The molecule has 0 spiro atoms. The molecule has 7 heteroatoms. The number of aromatic nitrogens is 1. The average Bonchev–Trinajstić information content (AvgIpc) is 2.23. The fraction of sp³-hybridized carbons (Fsp3) is 0.333. The maximum atomic E-state index is 12.3. The van der Waals surface area contributed by atoms with Crippen LogP contribution in [-0.2, 0) is 16.0 Å². The summed E-state index contributed by atoms with van der Waals surface area (Å²) in [5.74, 6) is -2.19. The normalized spacial score (nSPS) is 10.5. The lowest BCUT2D eigenvalue weighted by Gasteiger charge is -2.09. The molecule has 88 valence electrons. The number of halogens is 2. The minimum absolute atomic E-state index is 0.322. The molecule has 2 N–H and O–H groups in total. The summed E-state index contributed by atoms with van der Waals surface area (Å²) in [6.07, 6.45) is -2.74. The minimum atomic E-state index is -2.99. The van der Waals surface area contributed by atoms with E-state index in [0.29, 0.717) is 0 Å². The molecule has 5 nitrogen and oxygen atoms in total. The number of nitrogens with zero attached hydrogens (tertiary/aromatic N) is 1. The first-order valence-corrected chi connectivity index (χ1v) is 4.22. The van der Waals surface area contributed by atoms with Gasteiger partial charge in [-0.3, -0.25) is 4.79 Å². The van der Waals surface area contributed by atoms with Crippen molar-refractivity contribution in [2.24, 2.45) is 0 Å². The Hall–Kier alpha value is -1.92. The third kappa shape index (κ3) is 2.36. The van der Waals surface area contributed by atoms with Crippen LogP contribution in [-0.4, -0.2) is 28.3 Å². The zero-order valence-corrected chi connectivity index (χ0v) is 8.28. The molecule has 0 amide bonds. The third-order valence-corrected chi connectivity index (χ3v) is 1.92. The largest absolute Gasteiger partial charge is 0.506 e. The van der Waals surface area contributed by atoms with E-state index >= 15 is 0 Å². The first kappa shape index (κ1) is 12.2. The van der Waals surface area contributed by atoms with Crippen LogP contribution >= 0.6 is 0 Å². The second kappa shape index (κ2) is 4.73. The van der Waals surface area contributed by atoms with Gasteiger partial charge in [0.15, 0.2) is 0 Å². The molecular formula is C9H9F2NO4. The van der Waals surface area contributed by atoms with E-state index in [4.69, 9.17) is 0 Å². The van der Waals surface area contributed by atoms with Gasteiger partial charge in [-0.05, 0) is 0 Å². The van der Waals surface area contributed by atoms with Crippen molar-refractivity contribution >= 4 is 5.97 Å². The van der Waals surface area contributed by atoms with Crippen molar-refractivity contribution in [1.82, 2.24) is 4.98 Å². The van der Waals surface area contributed by atoms with Gasteiger partial charge < -0.3 is 14.9 Å². The van der Waals surface area contributed by atoms with Gasteiger partial charge in [0.05, 0.1) is 25.3 Å². The topological polar surface area (TPSA) is 79.7 Å². The van der Waals surface area contributed by atoms with E-state index in [9.17, 15) is 23.8 Å². The molecule has 0 atom stereocenters. The summed E-state index contributed by atoms with van der Waals surface area (Å²) in [7, 11) is 1.10. The maximum absolute atomic E-state index is 12.3. The molecule has 1 heterocycles. The lowest BCUT2D eigenvalue weighted by Crippen LogP contribution is -2.06. The SMILES string of the molecule is COC(=O)Cc1c(O)cnc(C(F)F)c1O. The van der Waals surface area contributed by atoms with Crippen molar-refractivity contribution in [3.05, 3.63) is 17.5 Å². The van der Waals surface area contributed by atoms with E-state index in [1.807, 2.05) is 0 Å². The van der Waals surface area contributed by atoms with Crippen molar-refractivity contribution in [2.75, 3.05) is 7.11 Å². The third-order valence-electron chi connectivity index (χ3n) is 1.92. The van der Waals surface area contributed by atoms with Crippen LogP contribution in [0.4, 0.5) is 8.78 Å². The monoisotopic (exact) mass is 233 g/mol. The number of pyridine rings is 1. The number of aromatic hydroxyl groups is 2. The van der Waals surface area contributed by atoms with Gasteiger partial charge in [-0.2, -0.15) is 0 Å². The van der Waals surface area contributed by atoms with Crippen LogP contribution in [0.1, 0.15) is 17.7 Å². The van der Waals surface area contributed by atoms with Gasteiger partial charge in [0.1, 0.15) is 17.2 Å². The van der Waals surface area contributed by atoms with Crippen molar-refractivity contribution in [3.8, 4) is 11.5 Å². The Morgan fingerprint density at radius 3 is 2.69 bits per heavy atom. The molecule has 1 rings (SSSR count). The van der Waals surface area contributed by atoms with Crippen molar-refractivity contribution in [3.63, 3.8) is 0 Å². The fourth-order valence-corrected chi connectivity index (χ4v) is 1.10. The summed E-state index contributed by atoms with van der Waals surface area (Å²) < 4.78 is 29.0. The molecule has 0 aliphatic carbocycles. The first-order chi connectivity index (χ1) is 7.47. The number of carbonyl (C=O) groups is 1. The van der Waals surface area contributed by atoms with Gasteiger partial charge in [-0.25, -0.2) is 13.8 Å². The number of alkyl halides is 2. The molecular weight excluding hydrogens is 224 g/mol. The second-order valence-corrected chi connectivity index (χ2v) is 2.91. The molecule has 0 aliphatic heterocycles. The standard InChI is InChI=1S/C9H9F2NO4/c1-16-6(14)2-4-5(13)3-12-7(8(4)15)9(10)11/h3,9,13,15H,2H2,1H3. The van der Waals surface area contributed by atoms with Crippen LogP contribution in [0.3, 0.4) is 0 Å². The lowest BCUT2D eigenvalue weighted by molar-refractivity contribution is -0.139. The molecule has 0 fully saturated rings. The summed E-state index contributed by atoms with van der Waals surface area (Å²) in [5.41, 5.74) is -1.20. The van der Waals surface area contributed by atoms with E-state index < -0.39 is 36.0 Å². The number of rotatable bonds is 3. The van der Waals surface area contributed by atoms with Gasteiger partial charge in [-0.15, -0.1) is 0 Å². The van der Waals surface area contributed by atoms with Crippen LogP contribution in [0.2, 0.25) is 0 Å². The number of hydrogen-bond acceptors (Lipinski definition) is 5. The van der Waals surface area contributed by atoms with E-state index in [1.165, 1.54) is 0 Å². The van der Waals surface area contributed by atoms with Gasteiger partial charge in [-0.1, -0.05) is 0 Å². The first-order valence-electron chi connectivity index (χ1n) is 4.22. The summed E-state index contributed by atoms with van der Waals surface area (Å²) in [5, 5.41) is 18.6. The highest BCUT2D eigenvalue weighted by Gasteiger charge is 2.22. The predicted molar refractivity (Wildman–Crippen MR) is 48.2 cm³/mol. The maximum Gasteiger partial charge on any atom is 0.310 e. The number of ether oxygens (including phenoxy) is 1. The molecule has 16 heavy (non-hydrogen) atoms. The Morgan fingerprint density at radius 2 is 2.19 bits per heavy atom. The van der Waals surface area contributed by atoms with Gasteiger partial charge in [0.25, 0.3) is 6.43 Å². The molecule has 0 saturated heterocycles. The summed E-state index contributed by atoms with van der Waals surface area (Å²) in [6, 6.07) is 0. The van der Waals surface area contributed by atoms with Gasteiger partial charge >= 0.3 is 5.97 Å². The van der Waals surface area contributed by atoms with E-state index in [-0.39, 0.29) is 5.56 Å². The highest BCUT2D eigenvalue weighted by Crippen LogP contribution is 2.34. The van der Waals surface area contributed by atoms with Crippen molar-refractivity contribution < 1.29 is 28.5 Å². The van der Waals surface area contributed by atoms with Crippen LogP contribution in [0.25, 0.3) is 0 Å². The van der Waals surface area contributed by atoms with Crippen LogP contribution in [0, 0.1) is 0 Å². The minimum Gasteiger partial charge on any atom is -0.506 e. The molecule has 1 aromatic heterocycles. The Morgan fingerprint density at radius 1 is 1.56 bits per heavy atom. The number of hydrogen-bond donors (Lipinski definition) is 2. The molecule has 0 unspecified atom stereocenters. The molecule has 0 saturated carbocycles. The summed E-state index contributed by atoms with van der Waals surface area (Å²) in [6.45, 7) is 0. The Labute approximate surface area is 89.3 Å². The Kier molecular flexibility index (Phi) is 3.60.